The molecule has 3 aromatic heterocycles. The summed E-state index contributed by atoms with van der Waals surface area (Å²) < 4.78 is 43.0. The van der Waals surface area contributed by atoms with E-state index in [0.29, 0.717) is 35.5 Å². The molecule has 0 bridgehead atoms. The number of aromatic nitrogens is 5. The summed E-state index contributed by atoms with van der Waals surface area (Å²) in [5.41, 5.74) is 1.79. The number of likely N-dealkylation sites (N-methyl/N-ethyl adjacent to an activating group) is 1. The van der Waals surface area contributed by atoms with Gasteiger partial charge in [-0.25, -0.2) is 4.79 Å². The smallest absolute Gasteiger partial charge is 0.308 e. The number of alkyl halides is 3. The molecular formula is C26H26F3N9O. The first-order valence-electron chi connectivity index (χ1n) is 12.2. The fraction of sp³-hybridized carbons (Fsp3) is 0.308. The maximum absolute atomic E-state index is 13.8. The summed E-state index contributed by atoms with van der Waals surface area (Å²) in [6.07, 6.45) is -2.91. The van der Waals surface area contributed by atoms with Crippen molar-refractivity contribution >= 4 is 28.6 Å². The highest BCUT2D eigenvalue weighted by Crippen LogP contribution is 2.34. The lowest BCUT2D eigenvalue weighted by Gasteiger charge is -2.33. The quantitative estimate of drug-likeness (QED) is 0.344. The lowest BCUT2D eigenvalue weighted by atomic mass is 10.0. The largest absolute Gasteiger partial charge is 0.416 e. The van der Waals surface area contributed by atoms with Gasteiger partial charge in [-0.3, -0.25) is 25.0 Å². The maximum Gasteiger partial charge on any atom is 0.416 e. The van der Waals surface area contributed by atoms with Crippen molar-refractivity contribution in [3.63, 3.8) is 0 Å². The molecule has 5 rings (SSSR count). The zero-order valence-electron chi connectivity index (χ0n) is 21.3. The van der Waals surface area contributed by atoms with Crippen LogP contribution in [-0.2, 0) is 19.8 Å². The second kappa shape index (κ2) is 10.8. The number of halogens is 3. The van der Waals surface area contributed by atoms with Crippen molar-refractivity contribution in [2.24, 2.45) is 7.05 Å². The minimum atomic E-state index is -4.56. The predicted molar refractivity (Wildman–Crippen MR) is 140 cm³/mol. The third-order valence-electron chi connectivity index (χ3n) is 6.41. The van der Waals surface area contributed by atoms with E-state index >= 15 is 0 Å². The number of aryl methyl sites for hydroxylation is 1. The fourth-order valence-electron chi connectivity index (χ4n) is 4.29. The normalized spacial score (nSPS) is 14.7. The van der Waals surface area contributed by atoms with Crippen LogP contribution >= 0.6 is 0 Å². The Labute approximate surface area is 222 Å². The molecule has 0 atom stereocenters. The Balaban J connectivity index is 1.26. The van der Waals surface area contributed by atoms with Gasteiger partial charge in [-0.2, -0.15) is 23.4 Å². The number of pyridine rings is 1. The van der Waals surface area contributed by atoms with Gasteiger partial charge >= 0.3 is 12.2 Å². The van der Waals surface area contributed by atoms with Crippen LogP contribution in [0.15, 0.2) is 42.6 Å². The van der Waals surface area contributed by atoms with E-state index in [2.05, 4.69) is 47.7 Å². The Morgan fingerprint density at radius 1 is 1.08 bits per heavy atom. The van der Waals surface area contributed by atoms with Crippen LogP contribution in [0.3, 0.4) is 0 Å². The molecule has 1 aliphatic rings. The molecule has 4 heterocycles. The topological polar surface area (TPSA) is 107 Å². The van der Waals surface area contributed by atoms with Crippen molar-refractivity contribution in [2.45, 2.75) is 12.7 Å². The second-order valence-corrected chi connectivity index (χ2v) is 9.29. The van der Waals surface area contributed by atoms with E-state index < -0.39 is 17.8 Å². The molecule has 0 radical (unpaired) electrons. The van der Waals surface area contributed by atoms with E-state index in [-0.39, 0.29) is 23.6 Å². The highest BCUT2D eigenvalue weighted by Gasteiger charge is 2.34. The van der Waals surface area contributed by atoms with Gasteiger partial charge in [-0.05, 0) is 48.7 Å². The first kappa shape index (κ1) is 26.2. The van der Waals surface area contributed by atoms with E-state index in [4.69, 9.17) is 0 Å². The van der Waals surface area contributed by atoms with Crippen LogP contribution in [0.25, 0.3) is 11.0 Å². The monoisotopic (exact) mass is 537 g/mol. The highest BCUT2D eigenvalue weighted by molar-refractivity contribution is 5.99. The molecule has 39 heavy (non-hydrogen) atoms. The SMILES string of the molecule is CN1CCN(Cc2ccc(NC(=O)Nc3cc(C#Cc4[nH]nc5cccnc45)n(C)n3)cc2C(F)(F)F)CC1. The Morgan fingerprint density at radius 3 is 2.64 bits per heavy atom. The molecule has 1 aliphatic heterocycles. The first-order chi connectivity index (χ1) is 18.7. The number of urea groups is 1. The summed E-state index contributed by atoms with van der Waals surface area (Å²) in [6.45, 7) is 3.19. The summed E-state index contributed by atoms with van der Waals surface area (Å²) in [4.78, 5) is 21.0. The number of rotatable bonds is 4. The number of carbonyl (C=O) groups excluding carboxylic acids is 1. The third-order valence-corrected chi connectivity index (χ3v) is 6.41. The van der Waals surface area contributed by atoms with Gasteiger partial charge in [-0.1, -0.05) is 6.07 Å². The minimum Gasteiger partial charge on any atom is -0.308 e. The number of fused-ring (bicyclic) bond motifs is 1. The number of hydrogen-bond donors (Lipinski definition) is 3. The minimum absolute atomic E-state index is 0.0246. The fourth-order valence-corrected chi connectivity index (χ4v) is 4.29. The molecule has 1 fully saturated rings. The molecule has 3 N–H and O–H groups in total. The molecule has 4 aromatic rings. The third kappa shape index (κ3) is 6.19. The van der Waals surface area contributed by atoms with Crippen LogP contribution in [0.4, 0.5) is 29.5 Å². The molecular weight excluding hydrogens is 511 g/mol. The lowest BCUT2D eigenvalue weighted by molar-refractivity contribution is -0.138. The number of nitrogens with zero attached hydrogens (tertiary/aromatic N) is 6. The Kier molecular flexibility index (Phi) is 7.23. The van der Waals surface area contributed by atoms with Crippen LogP contribution in [0.5, 0.6) is 0 Å². The first-order valence-corrected chi connectivity index (χ1v) is 12.2. The molecule has 202 valence electrons. The summed E-state index contributed by atoms with van der Waals surface area (Å²) in [7, 11) is 3.65. The van der Waals surface area contributed by atoms with Gasteiger partial charge in [0.15, 0.2) is 5.82 Å². The number of H-pyrrole nitrogens is 1. The molecule has 10 nitrogen and oxygen atoms in total. The Morgan fingerprint density at radius 2 is 1.87 bits per heavy atom. The van der Waals surface area contributed by atoms with Gasteiger partial charge in [0, 0.05) is 57.7 Å². The average molecular weight is 538 g/mol. The molecule has 13 heteroatoms. The molecule has 1 aromatic carbocycles. The van der Waals surface area contributed by atoms with E-state index in [0.717, 1.165) is 19.2 Å². The summed E-state index contributed by atoms with van der Waals surface area (Å²) in [6, 6.07) is 8.26. The Hall–Kier alpha value is -4.41. The van der Waals surface area contributed by atoms with Crippen molar-refractivity contribution in [3.05, 3.63) is 65.1 Å². The number of amides is 2. The van der Waals surface area contributed by atoms with Gasteiger partial charge in [0.1, 0.15) is 22.4 Å². The molecule has 0 aliphatic carbocycles. The number of hydrogen-bond acceptors (Lipinski definition) is 6. The molecule has 1 saturated heterocycles. The molecule has 0 spiro atoms. The number of benzene rings is 1. The highest BCUT2D eigenvalue weighted by atomic mass is 19.4. The summed E-state index contributed by atoms with van der Waals surface area (Å²) in [5, 5.41) is 16.2. The van der Waals surface area contributed by atoms with E-state index in [1.807, 2.05) is 18.0 Å². The Bertz CT molecular complexity index is 1560. The number of carbonyl (C=O) groups is 1. The van der Waals surface area contributed by atoms with Gasteiger partial charge in [0.2, 0.25) is 0 Å². The van der Waals surface area contributed by atoms with E-state index in [1.54, 1.807) is 25.4 Å². The number of piperazine rings is 1. The van der Waals surface area contributed by atoms with E-state index in [1.165, 1.54) is 16.8 Å². The number of aromatic amines is 1. The van der Waals surface area contributed by atoms with Crippen LogP contribution in [0, 0.1) is 11.8 Å². The van der Waals surface area contributed by atoms with Crippen LogP contribution in [-0.4, -0.2) is 74.0 Å². The zero-order valence-corrected chi connectivity index (χ0v) is 21.3. The zero-order chi connectivity index (χ0) is 27.6. The van der Waals surface area contributed by atoms with Crippen molar-refractivity contribution in [3.8, 4) is 11.8 Å². The van der Waals surface area contributed by atoms with Gasteiger partial charge in [0.05, 0.1) is 5.56 Å². The standard InChI is InChI=1S/C26H26F3N9O/c1-36-10-12-38(13-11-36)16-17-5-6-18(14-20(17)26(27,28)29)31-25(39)32-23-15-19(37(2)35-23)7-8-22-24-21(33-34-22)4-3-9-30-24/h3-6,9,14-15H,10-13,16H2,1-2H3,(H,33,34)(H2,31,32,35,39). The number of nitrogens with one attached hydrogen (secondary N) is 3. The van der Waals surface area contributed by atoms with Crippen molar-refractivity contribution in [1.29, 1.82) is 0 Å². The average Bonchev–Trinajstić information content (AvgIpc) is 3.46. The lowest BCUT2D eigenvalue weighted by Crippen LogP contribution is -2.44. The van der Waals surface area contributed by atoms with Gasteiger partial charge < -0.3 is 10.2 Å². The van der Waals surface area contributed by atoms with Crippen LogP contribution in [0.2, 0.25) is 0 Å². The molecule has 0 saturated carbocycles. The van der Waals surface area contributed by atoms with Gasteiger partial charge in [0.25, 0.3) is 0 Å². The van der Waals surface area contributed by atoms with Crippen LogP contribution in [0.1, 0.15) is 22.5 Å². The predicted octanol–water partition coefficient (Wildman–Crippen LogP) is 3.50. The van der Waals surface area contributed by atoms with Crippen LogP contribution < -0.4 is 10.6 Å². The molecule has 2 amide bonds. The summed E-state index contributed by atoms with van der Waals surface area (Å²) >= 11 is 0. The summed E-state index contributed by atoms with van der Waals surface area (Å²) in [5.74, 6) is 6.10. The van der Waals surface area contributed by atoms with Crippen molar-refractivity contribution < 1.29 is 18.0 Å². The second-order valence-electron chi connectivity index (χ2n) is 9.29. The maximum atomic E-state index is 13.8. The van der Waals surface area contributed by atoms with E-state index in [9.17, 15) is 18.0 Å². The molecule has 0 unspecified atom stereocenters. The van der Waals surface area contributed by atoms with Crippen molar-refractivity contribution in [1.82, 2.24) is 34.8 Å². The van der Waals surface area contributed by atoms with Gasteiger partial charge in [-0.15, -0.1) is 0 Å². The van der Waals surface area contributed by atoms with Crippen molar-refractivity contribution in [2.75, 3.05) is 43.9 Å². The number of anilines is 2.